The Bertz CT molecular complexity index is 2710. The first-order valence-electron chi connectivity index (χ1n) is 14.0. The third-order valence-corrected chi connectivity index (χ3v) is 8.55. The fraction of sp³-hybridized carbons (Fsp3) is 0. The Labute approximate surface area is 245 Å². The molecule has 0 aliphatic heterocycles. The first-order chi connectivity index (χ1) is 21.2. The SMILES string of the molecule is [C-]#[N+]c1cccc2c1oc1c2ccc2c1c1ccccc1n2-c1cccc(-n2c3ccccc3c3cc(C#N)ccc32)c1. The fourth-order valence-electron chi connectivity index (χ4n) is 6.75. The van der Waals surface area contributed by atoms with Crippen LogP contribution < -0.4 is 0 Å². The van der Waals surface area contributed by atoms with Crippen LogP contribution in [0.3, 0.4) is 0 Å². The molecule has 0 aliphatic carbocycles. The zero-order chi connectivity index (χ0) is 28.7. The highest BCUT2D eigenvalue weighted by molar-refractivity contribution is 6.24. The average Bonchev–Trinajstić information content (AvgIpc) is 3.72. The zero-order valence-electron chi connectivity index (χ0n) is 22.7. The van der Waals surface area contributed by atoms with Crippen LogP contribution in [0.15, 0.2) is 126 Å². The summed E-state index contributed by atoms with van der Waals surface area (Å²) in [6.45, 7) is 7.65. The number of hydrogen-bond acceptors (Lipinski definition) is 2. The van der Waals surface area contributed by atoms with Gasteiger partial charge in [0.2, 0.25) is 5.69 Å². The number of para-hydroxylation sites is 3. The lowest BCUT2D eigenvalue weighted by Gasteiger charge is -2.12. The van der Waals surface area contributed by atoms with E-state index < -0.39 is 0 Å². The van der Waals surface area contributed by atoms with Gasteiger partial charge in [0.1, 0.15) is 11.2 Å². The van der Waals surface area contributed by atoms with Crippen molar-refractivity contribution in [2.75, 3.05) is 0 Å². The van der Waals surface area contributed by atoms with Gasteiger partial charge in [-0.05, 0) is 60.7 Å². The van der Waals surface area contributed by atoms with Crippen LogP contribution in [0.4, 0.5) is 5.69 Å². The van der Waals surface area contributed by atoms with Gasteiger partial charge in [-0.25, -0.2) is 4.85 Å². The van der Waals surface area contributed by atoms with Crippen LogP contribution in [0.1, 0.15) is 5.56 Å². The van der Waals surface area contributed by atoms with Crippen molar-refractivity contribution in [1.82, 2.24) is 9.13 Å². The summed E-state index contributed by atoms with van der Waals surface area (Å²) in [6.07, 6.45) is 0. The maximum atomic E-state index is 9.56. The van der Waals surface area contributed by atoms with Crippen molar-refractivity contribution in [1.29, 1.82) is 5.26 Å². The number of furan rings is 1. The van der Waals surface area contributed by atoms with Crippen molar-refractivity contribution in [3.05, 3.63) is 138 Å². The quantitative estimate of drug-likeness (QED) is 0.202. The smallest absolute Gasteiger partial charge is 0.229 e. The molecule has 0 unspecified atom stereocenters. The van der Waals surface area contributed by atoms with Gasteiger partial charge in [0, 0.05) is 38.3 Å². The second-order valence-electron chi connectivity index (χ2n) is 10.8. The van der Waals surface area contributed by atoms with Crippen molar-refractivity contribution in [3.8, 4) is 17.4 Å². The Morgan fingerprint density at radius 2 is 1.19 bits per heavy atom. The van der Waals surface area contributed by atoms with Gasteiger partial charge in [-0.15, -0.1) is 0 Å². The van der Waals surface area contributed by atoms with Gasteiger partial charge in [-0.1, -0.05) is 60.7 Å². The summed E-state index contributed by atoms with van der Waals surface area (Å²) < 4.78 is 11.0. The minimum Gasteiger partial charge on any atom is -0.466 e. The average molecular weight is 549 g/mol. The maximum absolute atomic E-state index is 9.56. The standard InChI is InChI=1S/C38H20N4O/c1-40-31-13-7-12-27-28-17-19-35-36(38(28)43-37(27)31)29-11-3-5-15-33(29)42(35)25-9-6-8-24(21-25)41-32-14-4-2-10-26(32)30-20-23(22-39)16-18-34(30)41/h2-21H. The lowest BCUT2D eigenvalue weighted by Crippen LogP contribution is -1.98. The monoisotopic (exact) mass is 548 g/mol. The molecule has 0 saturated carbocycles. The zero-order valence-corrected chi connectivity index (χ0v) is 22.7. The third kappa shape index (κ3) is 3.14. The first-order valence-corrected chi connectivity index (χ1v) is 14.0. The number of benzene rings is 6. The highest BCUT2D eigenvalue weighted by atomic mass is 16.3. The van der Waals surface area contributed by atoms with Crippen molar-refractivity contribution in [3.63, 3.8) is 0 Å². The van der Waals surface area contributed by atoms with E-state index in [0.717, 1.165) is 71.3 Å². The largest absolute Gasteiger partial charge is 0.466 e. The van der Waals surface area contributed by atoms with Crippen molar-refractivity contribution < 1.29 is 4.42 Å². The molecule has 3 heterocycles. The second kappa shape index (κ2) is 8.60. The minimum absolute atomic E-state index is 0.520. The van der Waals surface area contributed by atoms with E-state index in [0.29, 0.717) is 16.8 Å². The summed E-state index contributed by atoms with van der Waals surface area (Å²) in [4.78, 5) is 3.71. The van der Waals surface area contributed by atoms with Crippen LogP contribution in [0, 0.1) is 17.9 Å². The van der Waals surface area contributed by atoms with Gasteiger partial charge in [0.05, 0.1) is 45.7 Å². The van der Waals surface area contributed by atoms with Crippen LogP contribution in [-0.2, 0) is 0 Å². The molecule has 43 heavy (non-hydrogen) atoms. The molecule has 198 valence electrons. The number of rotatable bonds is 2. The number of fused-ring (bicyclic) bond motifs is 10. The highest BCUT2D eigenvalue weighted by Crippen LogP contribution is 2.43. The van der Waals surface area contributed by atoms with Crippen LogP contribution in [0.5, 0.6) is 0 Å². The summed E-state index contributed by atoms with van der Waals surface area (Å²) in [7, 11) is 0. The number of nitriles is 1. The van der Waals surface area contributed by atoms with E-state index in [-0.39, 0.29) is 0 Å². The Hall–Kier alpha value is -6.30. The molecule has 3 aromatic heterocycles. The Morgan fingerprint density at radius 3 is 1.98 bits per heavy atom. The molecule has 0 spiro atoms. The molecular formula is C38H20N4O. The molecule has 5 nitrogen and oxygen atoms in total. The molecule has 9 aromatic rings. The lowest BCUT2D eigenvalue weighted by atomic mass is 10.1. The molecule has 0 amide bonds. The Morgan fingerprint density at radius 1 is 0.558 bits per heavy atom. The molecule has 0 saturated heterocycles. The summed E-state index contributed by atoms with van der Waals surface area (Å²) >= 11 is 0. The van der Waals surface area contributed by atoms with Crippen LogP contribution >= 0.6 is 0 Å². The molecule has 0 fully saturated rings. The predicted molar refractivity (Wildman–Crippen MR) is 173 cm³/mol. The molecule has 0 atom stereocenters. The van der Waals surface area contributed by atoms with Gasteiger partial charge >= 0.3 is 0 Å². The summed E-state index contributed by atoms with van der Waals surface area (Å²) in [5, 5.41) is 15.8. The van der Waals surface area contributed by atoms with Crippen LogP contribution in [0.25, 0.3) is 81.8 Å². The van der Waals surface area contributed by atoms with E-state index in [2.05, 4.69) is 98.9 Å². The lowest BCUT2D eigenvalue weighted by molar-refractivity contribution is 0.675. The van der Waals surface area contributed by atoms with Gasteiger partial charge in [-0.3, -0.25) is 0 Å². The molecule has 0 radical (unpaired) electrons. The second-order valence-corrected chi connectivity index (χ2v) is 10.8. The van der Waals surface area contributed by atoms with Crippen LogP contribution in [0.2, 0.25) is 0 Å². The summed E-state index contributed by atoms with van der Waals surface area (Å²) in [5.74, 6) is 0. The highest BCUT2D eigenvalue weighted by Gasteiger charge is 2.20. The van der Waals surface area contributed by atoms with Crippen molar-refractivity contribution in [2.24, 2.45) is 0 Å². The van der Waals surface area contributed by atoms with E-state index in [9.17, 15) is 5.26 Å². The molecule has 0 aliphatic rings. The fourth-order valence-corrected chi connectivity index (χ4v) is 6.75. The molecule has 9 rings (SSSR count). The minimum atomic E-state index is 0.520. The molecule has 0 bridgehead atoms. The van der Waals surface area contributed by atoms with Gasteiger partial charge in [0.25, 0.3) is 0 Å². The molecular weight excluding hydrogens is 528 g/mol. The molecule has 6 aromatic carbocycles. The van der Waals surface area contributed by atoms with Gasteiger partial charge in [0.15, 0.2) is 0 Å². The van der Waals surface area contributed by atoms with Gasteiger partial charge < -0.3 is 13.6 Å². The normalized spacial score (nSPS) is 11.7. The Balaban J connectivity index is 1.35. The maximum Gasteiger partial charge on any atom is 0.229 e. The first kappa shape index (κ1) is 23.4. The predicted octanol–water partition coefficient (Wildman–Crippen LogP) is 10.2. The Kier molecular flexibility index (Phi) is 4.68. The van der Waals surface area contributed by atoms with E-state index in [1.54, 1.807) is 6.07 Å². The van der Waals surface area contributed by atoms with E-state index in [1.165, 1.54) is 0 Å². The van der Waals surface area contributed by atoms with E-state index >= 15 is 0 Å². The van der Waals surface area contributed by atoms with Gasteiger partial charge in [-0.2, -0.15) is 5.26 Å². The summed E-state index contributed by atoms with van der Waals surface area (Å²) in [6, 6.07) is 43.5. The van der Waals surface area contributed by atoms with Crippen molar-refractivity contribution in [2.45, 2.75) is 0 Å². The number of hydrogen-bond donors (Lipinski definition) is 0. The topological polar surface area (TPSA) is 51.1 Å². The van der Waals surface area contributed by atoms with Crippen molar-refractivity contribution >= 4 is 71.2 Å². The number of nitrogens with zero attached hydrogens (tertiary/aromatic N) is 4. The molecule has 5 heteroatoms. The summed E-state index contributed by atoms with van der Waals surface area (Å²) in [5.41, 5.74) is 8.91. The molecule has 0 N–H and O–H groups in total. The van der Waals surface area contributed by atoms with E-state index in [4.69, 9.17) is 11.0 Å². The van der Waals surface area contributed by atoms with E-state index in [1.807, 2.05) is 36.4 Å². The van der Waals surface area contributed by atoms with Crippen LogP contribution in [-0.4, -0.2) is 9.13 Å². The third-order valence-electron chi connectivity index (χ3n) is 8.55. The number of aromatic nitrogens is 2.